The molecule has 0 spiro atoms. The number of thiocarbonyl (C=S) groups is 1. The molecule has 0 saturated carbocycles. The Morgan fingerprint density at radius 1 is 1.64 bits per heavy atom. The summed E-state index contributed by atoms with van der Waals surface area (Å²) in [5.41, 5.74) is 1.11. The van der Waals surface area contributed by atoms with E-state index in [1.54, 1.807) is 12.4 Å². The molecule has 120 valence electrons. The van der Waals surface area contributed by atoms with Crippen LogP contribution in [0.5, 0.6) is 0 Å². The second-order valence-electron chi connectivity index (χ2n) is 5.91. The average molecular weight is 342 g/mol. The molecule has 7 nitrogen and oxygen atoms in total. The maximum absolute atomic E-state index is 12.1. The Hall–Kier alpha value is -1.61. The zero-order valence-electron chi connectivity index (χ0n) is 12.6. The van der Waals surface area contributed by atoms with E-state index in [4.69, 9.17) is 17.0 Å². The zero-order valence-corrected chi connectivity index (χ0v) is 14.2. The van der Waals surface area contributed by atoms with Crippen LogP contribution in [-0.4, -0.2) is 32.8 Å². The quantitative estimate of drug-likeness (QED) is 0.635. The number of ether oxygens (including phenoxy) is 1. The van der Waals surface area contributed by atoms with Gasteiger partial charge in [0, 0.05) is 5.92 Å². The number of esters is 1. The monoisotopic (exact) mass is 342 g/mol. The van der Waals surface area contributed by atoms with E-state index in [-0.39, 0.29) is 28.8 Å². The van der Waals surface area contributed by atoms with Gasteiger partial charge in [0.15, 0.2) is 5.11 Å². The van der Waals surface area contributed by atoms with Crippen LogP contribution in [0.2, 0.25) is 0 Å². The zero-order chi connectivity index (χ0) is 16.3. The molecule has 2 atom stereocenters. The lowest BCUT2D eigenvalue weighted by Gasteiger charge is -2.16. The molecule has 1 aromatic rings. The van der Waals surface area contributed by atoms with Gasteiger partial charge in [0.1, 0.15) is 11.1 Å². The Balaban J connectivity index is 1.82. The highest BCUT2D eigenvalue weighted by atomic mass is 32.1. The van der Waals surface area contributed by atoms with Crippen molar-refractivity contribution in [1.82, 2.24) is 15.5 Å². The summed E-state index contributed by atoms with van der Waals surface area (Å²) in [7, 11) is 0. The van der Waals surface area contributed by atoms with Gasteiger partial charge in [0.05, 0.1) is 5.92 Å². The van der Waals surface area contributed by atoms with E-state index in [9.17, 15) is 9.59 Å². The first-order chi connectivity index (χ1) is 10.3. The van der Waals surface area contributed by atoms with Gasteiger partial charge in [0.2, 0.25) is 11.0 Å². The molecule has 0 unspecified atom stereocenters. The highest BCUT2D eigenvalue weighted by Crippen LogP contribution is 2.34. The van der Waals surface area contributed by atoms with Crippen molar-refractivity contribution < 1.29 is 14.3 Å². The number of rotatable bonds is 4. The van der Waals surface area contributed by atoms with E-state index in [2.05, 4.69) is 20.8 Å². The minimum atomic E-state index is -0.452. The summed E-state index contributed by atoms with van der Waals surface area (Å²) in [6.45, 7) is 5.51. The number of carbonyl (C=O) groups excluding carboxylic acids is 2. The van der Waals surface area contributed by atoms with Gasteiger partial charge in [-0.2, -0.15) is 0 Å². The smallest absolute Gasteiger partial charge is 0.309 e. The van der Waals surface area contributed by atoms with Gasteiger partial charge >= 0.3 is 5.97 Å². The number of hydrogen-bond donors (Lipinski definition) is 2. The van der Waals surface area contributed by atoms with E-state index >= 15 is 0 Å². The van der Waals surface area contributed by atoms with Gasteiger partial charge < -0.3 is 15.4 Å². The molecule has 1 fully saturated rings. The SMILES string of the molecule is C[C@@H](C[C@@H]1CC(C)(C)OC1=O)C(=O)NC(=S)Nc1nncs1. The summed E-state index contributed by atoms with van der Waals surface area (Å²) >= 11 is 6.32. The number of nitrogens with zero attached hydrogens (tertiary/aromatic N) is 2. The first-order valence-electron chi connectivity index (χ1n) is 6.88. The number of carbonyl (C=O) groups is 2. The minimum Gasteiger partial charge on any atom is -0.459 e. The van der Waals surface area contributed by atoms with Crippen LogP contribution in [0.1, 0.15) is 33.6 Å². The van der Waals surface area contributed by atoms with Crippen LogP contribution in [0, 0.1) is 11.8 Å². The van der Waals surface area contributed by atoms with E-state index in [0.29, 0.717) is 18.0 Å². The predicted molar refractivity (Wildman–Crippen MR) is 86.3 cm³/mol. The Morgan fingerprint density at radius 3 is 2.91 bits per heavy atom. The molecule has 0 radical (unpaired) electrons. The standard InChI is InChI=1S/C13H18N4O3S2/c1-7(4-8-5-13(2,3)20-10(8)19)9(18)15-11(21)16-12-17-14-6-22-12/h6-8H,4-5H2,1-3H3,(H2,15,16,17,18,21)/t7-,8+/m0/s1. The molecule has 2 heterocycles. The van der Waals surface area contributed by atoms with Crippen LogP contribution >= 0.6 is 23.6 Å². The number of hydrogen-bond acceptors (Lipinski definition) is 7. The summed E-state index contributed by atoms with van der Waals surface area (Å²) in [6, 6.07) is 0. The van der Waals surface area contributed by atoms with E-state index in [1.165, 1.54) is 11.3 Å². The number of aromatic nitrogens is 2. The van der Waals surface area contributed by atoms with Crippen molar-refractivity contribution in [2.24, 2.45) is 11.8 Å². The van der Waals surface area contributed by atoms with Crippen LogP contribution in [0.3, 0.4) is 0 Å². The molecular formula is C13H18N4O3S2. The molecule has 0 aliphatic carbocycles. The fraction of sp³-hybridized carbons (Fsp3) is 0.615. The van der Waals surface area contributed by atoms with Crippen LogP contribution < -0.4 is 10.6 Å². The Labute approximate surface area is 137 Å². The third-order valence-corrected chi connectivity index (χ3v) is 4.16. The highest BCUT2D eigenvalue weighted by Gasteiger charge is 2.41. The first kappa shape index (κ1) is 16.8. The second-order valence-corrected chi connectivity index (χ2v) is 7.15. The van der Waals surface area contributed by atoms with Crippen LogP contribution in [0.4, 0.5) is 5.13 Å². The van der Waals surface area contributed by atoms with Gasteiger partial charge in [-0.3, -0.25) is 9.59 Å². The van der Waals surface area contributed by atoms with Gasteiger partial charge in [0.25, 0.3) is 0 Å². The minimum absolute atomic E-state index is 0.169. The van der Waals surface area contributed by atoms with Crippen molar-refractivity contribution in [2.45, 2.75) is 39.2 Å². The van der Waals surface area contributed by atoms with Crippen molar-refractivity contribution in [3.63, 3.8) is 0 Å². The lowest BCUT2D eigenvalue weighted by molar-refractivity contribution is -0.148. The average Bonchev–Trinajstić information content (AvgIpc) is 2.97. The lowest BCUT2D eigenvalue weighted by atomic mass is 9.89. The molecule has 2 rings (SSSR count). The van der Waals surface area contributed by atoms with Crippen LogP contribution in [0.25, 0.3) is 0 Å². The summed E-state index contributed by atoms with van der Waals surface area (Å²) in [5.74, 6) is -1.07. The summed E-state index contributed by atoms with van der Waals surface area (Å²) in [5, 5.41) is 13.5. The van der Waals surface area contributed by atoms with Crippen LogP contribution in [-0.2, 0) is 14.3 Å². The van der Waals surface area contributed by atoms with Gasteiger partial charge in [-0.1, -0.05) is 18.3 Å². The fourth-order valence-corrected chi connectivity index (χ4v) is 3.09. The maximum atomic E-state index is 12.1. The number of anilines is 1. The number of nitrogens with one attached hydrogen (secondary N) is 2. The second kappa shape index (κ2) is 6.66. The molecular weight excluding hydrogens is 324 g/mol. The topological polar surface area (TPSA) is 93.2 Å². The number of cyclic esters (lactones) is 1. The van der Waals surface area contributed by atoms with Gasteiger partial charge in [-0.25, -0.2) is 0 Å². The van der Waals surface area contributed by atoms with Gasteiger partial charge in [-0.15, -0.1) is 10.2 Å². The third-order valence-electron chi connectivity index (χ3n) is 3.35. The molecule has 0 aromatic carbocycles. The summed E-state index contributed by atoms with van der Waals surface area (Å²) in [6.07, 6.45) is 1.06. The molecule has 9 heteroatoms. The molecule has 0 bridgehead atoms. The molecule has 22 heavy (non-hydrogen) atoms. The van der Waals surface area contributed by atoms with E-state index in [1.807, 2.05) is 13.8 Å². The molecule has 1 aliphatic rings. The summed E-state index contributed by atoms with van der Waals surface area (Å²) in [4.78, 5) is 23.9. The van der Waals surface area contributed by atoms with Crippen molar-refractivity contribution >= 4 is 45.7 Å². The van der Waals surface area contributed by atoms with E-state index < -0.39 is 5.60 Å². The Morgan fingerprint density at radius 2 is 2.36 bits per heavy atom. The third kappa shape index (κ3) is 4.44. The maximum Gasteiger partial charge on any atom is 0.309 e. The Bertz CT molecular complexity index is 574. The Kier molecular flexibility index (Phi) is 5.07. The largest absolute Gasteiger partial charge is 0.459 e. The number of amides is 1. The van der Waals surface area contributed by atoms with Crippen LogP contribution in [0.15, 0.2) is 5.51 Å². The fourth-order valence-electron chi connectivity index (χ4n) is 2.38. The molecule has 2 N–H and O–H groups in total. The molecule has 1 aromatic heterocycles. The predicted octanol–water partition coefficient (Wildman–Crippen LogP) is 1.72. The van der Waals surface area contributed by atoms with Gasteiger partial charge in [-0.05, 0) is 38.9 Å². The molecule has 1 aliphatic heterocycles. The molecule has 1 saturated heterocycles. The normalized spacial score (nSPS) is 21.0. The lowest BCUT2D eigenvalue weighted by Crippen LogP contribution is -2.38. The summed E-state index contributed by atoms with van der Waals surface area (Å²) < 4.78 is 5.27. The van der Waals surface area contributed by atoms with Crippen molar-refractivity contribution in [2.75, 3.05) is 5.32 Å². The van der Waals surface area contributed by atoms with Crippen molar-refractivity contribution in [1.29, 1.82) is 0 Å². The van der Waals surface area contributed by atoms with E-state index in [0.717, 1.165) is 0 Å². The van der Waals surface area contributed by atoms with Crippen molar-refractivity contribution in [3.05, 3.63) is 5.51 Å². The first-order valence-corrected chi connectivity index (χ1v) is 8.16. The van der Waals surface area contributed by atoms with Crippen molar-refractivity contribution in [3.8, 4) is 0 Å². The highest BCUT2D eigenvalue weighted by molar-refractivity contribution is 7.80. The molecule has 1 amide bonds.